The number of imidazole rings is 1. The monoisotopic (exact) mass is 648 g/mol. The van der Waals surface area contributed by atoms with Crippen molar-refractivity contribution in [2.75, 3.05) is 0 Å². The summed E-state index contributed by atoms with van der Waals surface area (Å²) < 4.78 is 2.23. The van der Waals surface area contributed by atoms with Crippen molar-refractivity contribution in [1.29, 1.82) is 0 Å². The third kappa shape index (κ3) is 4.99. The molecule has 230 valence electrons. The van der Waals surface area contributed by atoms with Crippen molar-refractivity contribution in [1.82, 2.24) is 9.55 Å². The Morgan fingerprint density at radius 3 is 1.50 bits per heavy atom. The lowest BCUT2D eigenvalue weighted by Gasteiger charge is -2.24. The summed E-state index contributed by atoms with van der Waals surface area (Å²) in [7, 11) is 32.2. The lowest BCUT2D eigenvalue weighted by molar-refractivity contribution is 1.10. The van der Waals surface area contributed by atoms with Gasteiger partial charge >= 0.3 is 0 Å². The van der Waals surface area contributed by atoms with Gasteiger partial charge in [-0.3, -0.25) is 4.57 Å². The summed E-state index contributed by atoms with van der Waals surface area (Å²) in [5, 5.41) is 4.38. The second-order valence-electron chi connectivity index (χ2n) is 13.0. The SMILES string of the molecule is [B]c1c([B])c([B])c(-c2ccccc2-c2c3ccccc3c(-c3cccc(-c4nc5ccccc5n4-c4ccccc4)c3)c3ccccc23)c([B])c1[B]. The van der Waals surface area contributed by atoms with E-state index >= 15 is 0 Å². The Labute approximate surface area is 309 Å². The number of nitrogens with zero attached hydrogens (tertiary/aromatic N) is 2. The van der Waals surface area contributed by atoms with E-state index < -0.39 is 0 Å². The van der Waals surface area contributed by atoms with Crippen LogP contribution in [0.4, 0.5) is 0 Å². The number of aromatic nitrogens is 2. The highest BCUT2D eigenvalue weighted by Gasteiger charge is 2.22. The highest BCUT2D eigenvalue weighted by Crippen LogP contribution is 2.46. The number of para-hydroxylation sites is 3. The van der Waals surface area contributed by atoms with Crippen LogP contribution in [0.5, 0.6) is 0 Å². The van der Waals surface area contributed by atoms with Crippen LogP contribution in [0.2, 0.25) is 0 Å². The number of hydrogen-bond acceptors (Lipinski definition) is 1. The van der Waals surface area contributed by atoms with Crippen LogP contribution in [0.3, 0.4) is 0 Å². The fourth-order valence-electron chi connectivity index (χ4n) is 7.66. The van der Waals surface area contributed by atoms with Gasteiger partial charge in [0, 0.05) is 11.3 Å². The quantitative estimate of drug-likeness (QED) is 0.166. The van der Waals surface area contributed by atoms with Crippen molar-refractivity contribution >= 4 is 99.1 Å². The summed E-state index contributed by atoms with van der Waals surface area (Å²) in [4.78, 5) is 5.16. The summed E-state index contributed by atoms with van der Waals surface area (Å²) in [5.74, 6) is 0.880. The summed E-state index contributed by atoms with van der Waals surface area (Å²) in [5.41, 5.74) is 11.0. The molecular formula is C45H25B5N2. The van der Waals surface area contributed by atoms with Crippen molar-refractivity contribution in [3.63, 3.8) is 0 Å². The van der Waals surface area contributed by atoms with Crippen LogP contribution in [-0.2, 0) is 0 Å². The van der Waals surface area contributed by atoms with Crippen LogP contribution < -0.4 is 27.3 Å². The molecule has 0 bridgehead atoms. The van der Waals surface area contributed by atoms with Gasteiger partial charge in [-0.1, -0.05) is 132 Å². The van der Waals surface area contributed by atoms with Crippen LogP contribution in [0.1, 0.15) is 0 Å². The first-order chi connectivity index (χ1) is 25.4. The molecular weight excluding hydrogens is 623 g/mol. The maximum Gasteiger partial charge on any atom is 0.145 e. The first-order valence-electron chi connectivity index (χ1n) is 17.1. The van der Waals surface area contributed by atoms with E-state index in [0.29, 0.717) is 16.5 Å². The average Bonchev–Trinajstić information content (AvgIpc) is 3.59. The summed E-state index contributed by atoms with van der Waals surface area (Å²) >= 11 is 0. The predicted molar refractivity (Wildman–Crippen MR) is 225 cm³/mol. The summed E-state index contributed by atoms with van der Waals surface area (Å²) in [6, 6.07) is 52.5. The van der Waals surface area contributed by atoms with Crippen molar-refractivity contribution in [3.8, 4) is 50.5 Å². The molecule has 7 heteroatoms. The predicted octanol–water partition coefficient (Wildman–Crippen LogP) is 5.97. The number of rotatable bonds is 5. The van der Waals surface area contributed by atoms with Gasteiger partial charge in [-0.25, -0.2) is 4.98 Å². The Balaban J connectivity index is 1.32. The first kappa shape index (κ1) is 32.0. The minimum Gasteiger partial charge on any atom is -0.292 e. The van der Waals surface area contributed by atoms with Gasteiger partial charge in [0.1, 0.15) is 45.1 Å². The highest BCUT2D eigenvalue weighted by atomic mass is 15.1. The van der Waals surface area contributed by atoms with E-state index in [9.17, 15) is 0 Å². The van der Waals surface area contributed by atoms with E-state index in [4.69, 9.17) is 44.2 Å². The Kier molecular flexibility index (Phi) is 7.81. The Hall–Kier alpha value is -5.93. The van der Waals surface area contributed by atoms with Crippen LogP contribution in [0, 0.1) is 0 Å². The molecule has 10 radical (unpaired) electrons. The molecule has 1 aromatic heterocycles. The lowest BCUT2D eigenvalue weighted by atomic mass is 9.59. The molecule has 1 heterocycles. The number of fused-ring (bicyclic) bond motifs is 3. The zero-order valence-corrected chi connectivity index (χ0v) is 28.2. The molecule has 0 amide bonds. The largest absolute Gasteiger partial charge is 0.292 e. The Morgan fingerprint density at radius 2 is 0.865 bits per heavy atom. The van der Waals surface area contributed by atoms with Crippen molar-refractivity contribution < 1.29 is 0 Å². The van der Waals surface area contributed by atoms with E-state index in [1.54, 1.807) is 0 Å². The van der Waals surface area contributed by atoms with E-state index in [1.807, 2.05) is 30.3 Å². The smallest absolute Gasteiger partial charge is 0.145 e. The molecule has 9 aromatic rings. The van der Waals surface area contributed by atoms with Gasteiger partial charge in [0.2, 0.25) is 0 Å². The fraction of sp³-hybridized carbons (Fsp3) is 0. The van der Waals surface area contributed by atoms with Gasteiger partial charge in [0.05, 0.1) is 11.0 Å². The van der Waals surface area contributed by atoms with Gasteiger partial charge in [-0.05, 0) is 85.3 Å². The number of benzene rings is 8. The molecule has 9 rings (SSSR count). The van der Waals surface area contributed by atoms with Gasteiger partial charge in [0.25, 0.3) is 0 Å². The van der Waals surface area contributed by atoms with Gasteiger partial charge in [-0.2, -0.15) is 0 Å². The molecule has 0 atom stereocenters. The molecule has 0 aliphatic carbocycles. The van der Waals surface area contributed by atoms with Crippen molar-refractivity contribution in [2.24, 2.45) is 0 Å². The van der Waals surface area contributed by atoms with Crippen LogP contribution >= 0.6 is 0 Å². The molecule has 0 spiro atoms. The minimum atomic E-state index is 0.193. The normalized spacial score (nSPS) is 11.5. The minimum absolute atomic E-state index is 0.193. The third-order valence-corrected chi connectivity index (χ3v) is 10.1. The topological polar surface area (TPSA) is 17.8 Å². The van der Waals surface area contributed by atoms with Crippen molar-refractivity contribution in [2.45, 2.75) is 0 Å². The molecule has 0 N–H and O–H groups in total. The molecule has 2 nitrogen and oxygen atoms in total. The van der Waals surface area contributed by atoms with Crippen molar-refractivity contribution in [3.05, 3.63) is 152 Å². The van der Waals surface area contributed by atoms with E-state index in [-0.39, 0.29) is 16.4 Å². The molecule has 0 aliphatic rings. The zero-order chi connectivity index (χ0) is 35.5. The lowest BCUT2D eigenvalue weighted by Crippen LogP contribution is -2.55. The highest BCUT2D eigenvalue weighted by molar-refractivity contribution is 6.68. The standard InChI is InChI=1S/C45H25B5N2/c46-40-39(41(47)43(49)44(50)42(40)48)34-22-9-8-21-33(34)38-31-19-6-4-17-29(31)37(30-18-5-7-20-32(30)38)26-13-12-14-27(25-26)45-51-35-23-10-11-24-36(35)52(45)28-15-2-1-3-16-28/h1-25H. The molecule has 52 heavy (non-hydrogen) atoms. The van der Waals surface area contributed by atoms with Crippen LogP contribution in [0.25, 0.3) is 83.0 Å². The molecule has 0 unspecified atom stereocenters. The Morgan fingerprint density at radius 1 is 0.385 bits per heavy atom. The average molecular weight is 648 g/mol. The molecule has 0 saturated heterocycles. The van der Waals surface area contributed by atoms with E-state index in [0.717, 1.165) is 77.5 Å². The maximum absolute atomic E-state index is 6.64. The second kappa shape index (κ2) is 12.7. The molecule has 8 aromatic carbocycles. The van der Waals surface area contributed by atoms with Crippen LogP contribution in [-0.4, -0.2) is 48.8 Å². The second-order valence-corrected chi connectivity index (χ2v) is 13.0. The van der Waals surface area contributed by atoms with Gasteiger partial charge in [-0.15, -0.1) is 16.4 Å². The first-order valence-corrected chi connectivity index (χ1v) is 17.1. The van der Waals surface area contributed by atoms with E-state index in [1.165, 1.54) is 0 Å². The molecule has 0 saturated carbocycles. The zero-order valence-electron chi connectivity index (χ0n) is 28.2. The van der Waals surface area contributed by atoms with Gasteiger partial charge < -0.3 is 0 Å². The summed E-state index contributed by atoms with van der Waals surface area (Å²) in [6.45, 7) is 0. The summed E-state index contributed by atoms with van der Waals surface area (Å²) in [6.07, 6.45) is 0. The van der Waals surface area contributed by atoms with Crippen LogP contribution in [0.15, 0.2) is 152 Å². The van der Waals surface area contributed by atoms with Gasteiger partial charge in [0.15, 0.2) is 0 Å². The molecule has 0 aliphatic heterocycles. The fourth-order valence-corrected chi connectivity index (χ4v) is 7.66. The molecule has 0 fully saturated rings. The van der Waals surface area contributed by atoms with E-state index in [2.05, 4.69) is 126 Å². The number of hydrogen-bond donors (Lipinski definition) is 0. The Bertz CT molecular complexity index is 2770. The maximum atomic E-state index is 6.64. The third-order valence-electron chi connectivity index (χ3n) is 10.1.